The highest BCUT2D eigenvalue weighted by Gasteiger charge is 2.16. The zero-order valence-electron chi connectivity index (χ0n) is 11.1. The monoisotopic (exact) mass is 264 g/mol. The Morgan fingerprint density at radius 1 is 1.42 bits per heavy atom. The number of hydrogen-bond donors (Lipinski definition) is 2. The van der Waals surface area contributed by atoms with Gasteiger partial charge >= 0.3 is 0 Å². The van der Waals surface area contributed by atoms with Crippen molar-refractivity contribution in [1.29, 1.82) is 0 Å². The van der Waals surface area contributed by atoms with Gasteiger partial charge in [-0.05, 0) is 6.92 Å². The van der Waals surface area contributed by atoms with Gasteiger partial charge in [0.1, 0.15) is 18.0 Å². The van der Waals surface area contributed by atoms with Crippen LogP contribution < -0.4 is 16.0 Å². The van der Waals surface area contributed by atoms with Crippen LogP contribution in [0.5, 0.6) is 0 Å². The molecule has 1 saturated heterocycles. The molecule has 1 aliphatic rings. The lowest BCUT2D eigenvalue weighted by atomic mass is 10.3. The van der Waals surface area contributed by atoms with E-state index in [0.717, 1.165) is 44.2 Å². The van der Waals surface area contributed by atoms with Gasteiger partial charge in [0.15, 0.2) is 0 Å². The number of nitrogens with one attached hydrogen (secondary N) is 1. The Kier molecular flexibility index (Phi) is 4.51. The minimum atomic E-state index is 0.0783. The summed E-state index contributed by atoms with van der Waals surface area (Å²) in [5.74, 6) is 1.66. The van der Waals surface area contributed by atoms with Crippen LogP contribution in [0.3, 0.4) is 0 Å². The predicted octanol–water partition coefficient (Wildman–Crippen LogP) is -0.486. The van der Waals surface area contributed by atoms with E-state index in [1.165, 1.54) is 0 Å². The Balaban J connectivity index is 1.97. The zero-order valence-corrected chi connectivity index (χ0v) is 11.1. The highest BCUT2D eigenvalue weighted by Crippen LogP contribution is 2.15. The molecule has 1 aliphatic heterocycles. The molecule has 104 valence electrons. The molecule has 2 heterocycles. The van der Waals surface area contributed by atoms with Crippen LogP contribution in [0, 0.1) is 0 Å². The van der Waals surface area contributed by atoms with Crippen molar-refractivity contribution < 1.29 is 4.79 Å². The van der Waals surface area contributed by atoms with Crippen molar-refractivity contribution in [2.75, 3.05) is 42.9 Å². The summed E-state index contributed by atoms with van der Waals surface area (Å²) in [6.45, 7) is 5.67. The molecule has 0 radical (unpaired) electrons. The van der Waals surface area contributed by atoms with Crippen LogP contribution in [0.25, 0.3) is 0 Å². The molecule has 1 aromatic rings. The maximum Gasteiger partial charge on any atom is 0.209 e. The molecule has 1 unspecified atom stereocenters. The van der Waals surface area contributed by atoms with Crippen LogP contribution in [0.1, 0.15) is 6.92 Å². The number of amides is 1. The average Bonchev–Trinajstić information content (AvgIpc) is 2.45. The number of carbonyl (C=O) groups excluding carboxylic acids is 1. The van der Waals surface area contributed by atoms with Crippen molar-refractivity contribution in [3.05, 3.63) is 12.4 Å². The third kappa shape index (κ3) is 3.78. The fourth-order valence-electron chi connectivity index (χ4n) is 1.94. The second-order valence-electron chi connectivity index (χ2n) is 4.75. The fourth-order valence-corrected chi connectivity index (χ4v) is 1.94. The first-order valence-electron chi connectivity index (χ1n) is 6.45. The highest BCUT2D eigenvalue weighted by atomic mass is 16.1. The van der Waals surface area contributed by atoms with Gasteiger partial charge in [-0.3, -0.25) is 4.79 Å². The van der Waals surface area contributed by atoms with Crippen LogP contribution in [0.2, 0.25) is 0 Å². The van der Waals surface area contributed by atoms with E-state index in [0.29, 0.717) is 6.54 Å². The van der Waals surface area contributed by atoms with E-state index in [9.17, 15) is 4.79 Å². The second kappa shape index (κ2) is 6.33. The summed E-state index contributed by atoms with van der Waals surface area (Å²) in [5, 5.41) is 3.17. The fraction of sp³-hybridized carbons (Fsp3) is 0.583. The molecule has 0 aromatic carbocycles. The lowest BCUT2D eigenvalue weighted by Gasteiger charge is -2.33. The number of hydrogen-bond acceptors (Lipinski definition) is 6. The smallest absolute Gasteiger partial charge is 0.209 e. The van der Waals surface area contributed by atoms with Crippen molar-refractivity contribution >= 4 is 18.0 Å². The molecule has 7 nitrogen and oxygen atoms in total. The molecule has 1 aromatic heterocycles. The molecule has 0 aliphatic carbocycles. The molecular formula is C12H20N6O. The van der Waals surface area contributed by atoms with E-state index >= 15 is 0 Å². The third-order valence-electron chi connectivity index (χ3n) is 3.05. The normalized spacial score (nSPS) is 17.2. The summed E-state index contributed by atoms with van der Waals surface area (Å²) in [5.41, 5.74) is 5.70. The van der Waals surface area contributed by atoms with Gasteiger partial charge in [0.25, 0.3) is 0 Å². The van der Waals surface area contributed by atoms with Gasteiger partial charge in [-0.15, -0.1) is 0 Å². The van der Waals surface area contributed by atoms with Crippen LogP contribution in [0.4, 0.5) is 11.6 Å². The minimum Gasteiger partial charge on any atom is -0.368 e. The summed E-state index contributed by atoms with van der Waals surface area (Å²) in [4.78, 5) is 23.0. The summed E-state index contributed by atoms with van der Waals surface area (Å²) < 4.78 is 0. The molecule has 0 spiro atoms. The van der Waals surface area contributed by atoms with E-state index < -0.39 is 0 Å². The van der Waals surface area contributed by atoms with E-state index in [1.54, 1.807) is 11.2 Å². The van der Waals surface area contributed by atoms with Gasteiger partial charge in [-0.25, -0.2) is 9.97 Å². The number of rotatable bonds is 5. The Morgan fingerprint density at radius 2 is 2.16 bits per heavy atom. The SMILES string of the molecule is CC(N)CNc1cc(N2CCN(C=O)CC2)ncn1. The van der Waals surface area contributed by atoms with E-state index in [4.69, 9.17) is 5.73 Å². The second-order valence-corrected chi connectivity index (χ2v) is 4.75. The topological polar surface area (TPSA) is 87.4 Å². The lowest BCUT2D eigenvalue weighted by Crippen LogP contribution is -2.46. The Hall–Kier alpha value is -1.89. The van der Waals surface area contributed by atoms with Gasteiger partial charge in [0.2, 0.25) is 6.41 Å². The summed E-state index contributed by atoms with van der Waals surface area (Å²) in [6, 6.07) is 1.99. The van der Waals surface area contributed by atoms with Crippen LogP contribution >= 0.6 is 0 Å². The molecule has 1 amide bonds. The average molecular weight is 264 g/mol. The van der Waals surface area contributed by atoms with Gasteiger partial charge in [0.05, 0.1) is 0 Å². The van der Waals surface area contributed by atoms with Gasteiger partial charge < -0.3 is 20.9 Å². The number of piperazine rings is 1. The highest BCUT2D eigenvalue weighted by molar-refractivity contribution is 5.51. The molecule has 0 bridgehead atoms. The zero-order chi connectivity index (χ0) is 13.7. The van der Waals surface area contributed by atoms with E-state index in [-0.39, 0.29) is 6.04 Å². The quantitative estimate of drug-likeness (QED) is 0.698. The molecule has 2 rings (SSSR count). The molecule has 1 atom stereocenters. The Labute approximate surface area is 112 Å². The standard InChI is InChI=1S/C12H20N6O/c1-10(13)7-14-11-6-12(16-8-15-11)18-4-2-17(9-19)3-5-18/h6,8-10H,2-5,7,13H2,1H3,(H,14,15,16). The van der Waals surface area contributed by atoms with Crippen LogP contribution in [0.15, 0.2) is 12.4 Å². The summed E-state index contributed by atoms with van der Waals surface area (Å²) in [7, 11) is 0. The number of carbonyl (C=O) groups is 1. The number of nitrogens with zero attached hydrogens (tertiary/aromatic N) is 4. The largest absolute Gasteiger partial charge is 0.368 e. The van der Waals surface area contributed by atoms with Crippen LogP contribution in [-0.4, -0.2) is 60.0 Å². The van der Waals surface area contributed by atoms with Gasteiger partial charge in [-0.2, -0.15) is 0 Å². The number of nitrogens with two attached hydrogens (primary N) is 1. The lowest BCUT2D eigenvalue weighted by molar-refractivity contribution is -0.118. The summed E-state index contributed by atoms with van der Waals surface area (Å²) >= 11 is 0. The first-order chi connectivity index (χ1) is 9.19. The van der Waals surface area contributed by atoms with Crippen molar-refractivity contribution in [3.8, 4) is 0 Å². The first-order valence-corrected chi connectivity index (χ1v) is 6.45. The first kappa shape index (κ1) is 13.5. The summed E-state index contributed by atoms with van der Waals surface area (Å²) in [6.07, 6.45) is 2.44. The predicted molar refractivity (Wildman–Crippen MR) is 74.0 cm³/mol. The van der Waals surface area contributed by atoms with Crippen molar-refractivity contribution in [3.63, 3.8) is 0 Å². The van der Waals surface area contributed by atoms with Crippen molar-refractivity contribution in [2.24, 2.45) is 5.73 Å². The Morgan fingerprint density at radius 3 is 2.79 bits per heavy atom. The van der Waals surface area contributed by atoms with E-state index in [2.05, 4.69) is 20.2 Å². The number of anilines is 2. The third-order valence-corrected chi connectivity index (χ3v) is 3.05. The maximum absolute atomic E-state index is 10.7. The van der Waals surface area contributed by atoms with E-state index in [1.807, 2.05) is 13.0 Å². The molecule has 19 heavy (non-hydrogen) atoms. The maximum atomic E-state index is 10.7. The van der Waals surface area contributed by atoms with Gasteiger partial charge in [-0.1, -0.05) is 0 Å². The number of aromatic nitrogens is 2. The van der Waals surface area contributed by atoms with Crippen LogP contribution in [-0.2, 0) is 4.79 Å². The molecule has 0 saturated carbocycles. The molecular weight excluding hydrogens is 244 g/mol. The van der Waals surface area contributed by atoms with Crippen molar-refractivity contribution in [1.82, 2.24) is 14.9 Å². The molecule has 1 fully saturated rings. The Bertz CT molecular complexity index is 416. The van der Waals surface area contributed by atoms with Crippen molar-refractivity contribution in [2.45, 2.75) is 13.0 Å². The molecule has 3 N–H and O–H groups in total. The van der Waals surface area contributed by atoms with Gasteiger partial charge in [0, 0.05) is 44.8 Å². The minimum absolute atomic E-state index is 0.0783. The molecule has 7 heteroatoms.